The van der Waals surface area contributed by atoms with Crippen molar-refractivity contribution in [3.05, 3.63) is 40.1 Å². The largest absolute Gasteiger partial charge is 0.504 e. The number of benzene rings is 1. The summed E-state index contributed by atoms with van der Waals surface area (Å²) < 4.78 is 2.10. The van der Waals surface area contributed by atoms with E-state index in [4.69, 9.17) is 11.6 Å². The first-order chi connectivity index (χ1) is 6.68. The molecule has 3 nitrogen and oxygen atoms in total. The topological polar surface area (TPSA) is 38.1 Å². The van der Waals surface area contributed by atoms with E-state index in [2.05, 4.69) is 21.0 Å². The van der Waals surface area contributed by atoms with Crippen LogP contribution in [0.2, 0.25) is 5.02 Å². The average molecular weight is 274 g/mol. The summed E-state index contributed by atoms with van der Waals surface area (Å²) in [5.74, 6) is 0.111. The second-order valence-corrected chi connectivity index (χ2v) is 3.90. The van der Waals surface area contributed by atoms with Gasteiger partial charge in [0.15, 0.2) is 10.4 Å². The summed E-state index contributed by atoms with van der Waals surface area (Å²) >= 11 is 8.98. The molecule has 14 heavy (non-hydrogen) atoms. The van der Waals surface area contributed by atoms with Crippen molar-refractivity contribution in [3.63, 3.8) is 0 Å². The Morgan fingerprint density at radius 2 is 1.93 bits per heavy atom. The molecule has 0 aliphatic heterocycles. The number of hydrogen-bond donors (Lipinski definition) is 1. The van der Waals surface area contributed by atoms with Crippen LogP contribution in [0.1, 0.15) is 0 Å². The molecular weight excluding hydrogens is 267 g/mol. The van der Waals surface area contributed by atoms with E-state index < -0.39 is 0 Å². The molecule has 0 atom stereocenters. The van der Waals surface area contributed by atoms with Crippen molar-refractivity contribution in [2.45, 2.75) is 0 Å². The number of hydrogen-bond acceptors (Lipinski definition) is 2. The summed E-state index contributed by atoms with van der Waals surface area (Å²) in [6.07, 6.45) is 1.37. The molecule has 1 heterocycles. The van der Waals surface area contributed by atoms with E-state index in [9.17, 15) is 5.11 Å². The van der Waals surface area contributed by atoms with Gasteiger partial charge in [-0.05, 0) is 40.2 Å². The van der Waals surface area contributed by atoms with Gasteiger partial charge in [-0.3, -0.25) is 0 Å². The van der Waals surface area contributed by atoms with Crippen molar-refractivity contribution < 1.29 is 5.11 Å². The third-order valence-corrected chi connectivity index (χ3v) is 2.76. The maximum atomic E-state index is 9.30. The summed E-state index contributed by atoms with van der Waals surface area (Å²) in [6, 6.07) is 7.17. The molecule has 1 N–H and O–H groups in total. The quantitative estimate of drug-likeness (QED) is 0.867. The predicted octanol–water partition coefficient (Wildman–Crippen LogP) is 2.99. The van der Waals surface area contributed by atoms with Gasteiger partial charge in [0.2, 0.25) is 0 Å². The van der Waals surface area contributed by atoms with Gasteiger partial charge in [-0.25, -0.2) is 4.68 Å². The molecule has 0 amide bonds. The summed E-state index contributed by atoms with van der Waals surface area (Å²) in [7, 11) is 0. The van der Waals surface area contributed by atoms with Gasteiger partial charge in [-0.15, -0.1) is 0 Å². The molecule has 0 aliphatic carbocycles. The van der Waals surface area contributed by atoms with Crippen LogP contribution in [0.25, 0.3) is 5.69 Å². The number of nitrogens with zero attached hydrogens (tertiary/aromatic N) is 2. The van der Waals surface area contributed by atoms with Crippen molar-refractivity contribution >= 4 is 27.5 Å². The molecule has 0 aliphatic rings. The van der Waals surface area contributed by atoms with E-state index in [0.29, 0.717) is 9.63 Å². The molecule has 0 unspecified atom stereocenters. The highest BCUT2D eigenvalue weighted by Gasteiger charge is 2.07. The predicted molar refractivity (Wildman–Crippen MR) is 57.9 cm³/mol. The van der Waals surface area contributed by atoms with Crippen LogP contribution in [0.15, 0.2) is 35.1 Å². The molecule has 0 spiro atoms. The van der Waals surface area contributed by atoms with Gasteiger partial charge >= 0.3 is 0 Å². The van der Waals surface area contributed by atoms with E-state index in [1.54, 1.807) is 16.8 Å². The molecule has 2 aromatic rings. The maximum absolute atomic E-state index is 9.30. The van der Waals surface area contributed by atoms with Gasteiger partial charge in [0.1, 0.15) is 0 Å². The lowest BCUT2D eigenvalue weighted by atomic mass is 10.3. The first-order valence-corrected chi connectivity index (χ1v) is 5.04. The highest BCUT2D eigenvalue weighted by Crippen LogP contribution is 2.26. The smallest absolute Gasteiger partial charge is 0.168 e. The number of rotatable bonds is 1. The molecule has 1 aromatic carbocycles. The van der Waals surface area contributed by atoms with Gasteiger partial charge in [-0.1, -0.05) is 11.6 Å². The van der Waals surface area contributed by atoms with Gasteiger partial charge in [0.05, 0.1) is 11.9 Å². The summed E-state index contributed by atoms with van der Waals surface area (Å²) in [5, 5.41) is 14.0. The molecule has 0 saturated heterocycles. The Hall–Kier alpha value is -1.000. The van der Waals surface area contributed by atoms with E-state index >= 15 is 0 Å². The van der Waals surface area contributed by atoms with Crippen LogP contribution in [-0.4, -0.2) is 14.9 Å². The molecule has 2 rings (SSSR count). The third-order valence-electron chi connectivity index (χ3n) is 1.76. The van der Waals surface area contributed by atoms with E-state index in [1.807, 2.05) is 12.1 Å². The van der Waals surface area contributed by atoms with Crippen LogP contribution < -0.4 is 0 Å². The number of aromatic nitrogens is 2. The standard InChI is InChI=1S/C9H6BrClN2O/c10-9-8(14)5-12-13(9)7-3-1-6(11)2-4-7/h1-5,14H. The Kier molecular flexibility index (Phi) is 2.48. The van der Waals surface area contributed by atoms with Crippen molar-refractivity contribution in [1.82, 2.24) is 9.78 Å². The van der Waals surface area contributed by atoms with E-state index in [1.165, 1.54) is 6.20 Å². The maximum Gasteiger partial charge on any atom is 0.168 e. The highest BCUT2D eigenvalue weighted by atomic mass is 79.9. The second kappa shape index (κ2) is 3.63. The van der Waals surface area contributed by atoms with Crippen molar-refractivity contribution in [1.29, 1.82) is 0 Å². The van der Waals surface area contributed by atoms with Crippen molar-refractivity contribution in [2.75, 3.05) is 0 Å². The van der Waals surface area contributed by atoms with Gasteiger partial charge < -0.3 is 5.11 Å². The van der Waals surface area contributed by atoms with Crippen LogP contribution in [0.5, 0.6) is 5.75 Å². The molecule has 5 heteroatoms. The minimum Gasteiger partial charge on any atom is -0.504 e. The second-order valence-electron chi connectivity index (χ2n) is 2.71. The fraction of sp³-hybridized carbons (Fsp3) is 0. The van der Waals surface area contributed by atoms with Crippen LogP contribution in [0.4, 0.5) is 0 Å². The average Bonchev–Trinajstić information content (AvgIpc) is 2.50. The van der Waals surface area contributed by atoms with E-state index in [-0.39, 0.29) is 5.75 Å². The molecule has 0 radical (unpaired) electrons. The third kappa shape index (κ3) is 1.63. The first-order valence-electron chi connectivity index (χ1n) is 3.87. The Labute approximate surface area is 94.1 Å². The highest BCUT2D eigenvalue weighted by molar-refractivity contribution is 9.10. The van der Waals surface area contributed by atoms with Crippen LogP contribution in [0, 0.1) is 0 Å². The zero-order valence-corrected chi connectivity index (χ0v) is 9.33. The van der Waals surface area contributed by atoms with Crippen LogP contribution in [0.3, 0.4) is 0 Å². The Bertz CT molecular complexity index is 452. The SMILES string of the molecule is Oc1cnn(-c2ccc(Cl)cc2)c1Br. The number of halogens is 2. The van der Waals surface area contributed by atoms with Crippen molar-refractivity contribution in [3.8, 4) is 11.4 Å². The lowest BCUT2D eigenvalue weighted by molar-refractivity contribution is 0.471. The summed E-state index contributed by atoms with van der Waals surface area (Å²) in [5.41, 5.74) is 0.835. The zero-order valence-electron chi connectivity index (χ0n) is 6.98. The van der Waals surface area contributed by atoms with Crippen LogP contribution >= 0.6 is 27.5 Å². The molecule has 0 saturated carbocycles. The fourth-order valence-corrected chi connectivity index (χ4v) is 1.61. The van der Waals surface area contributed by atoms with Gasteiger partial charge in [-0.2, -0.15) is 5.10 Å². The monoisotopic (exact) mass is 272 g/mol. The fourth-order valence-electron chi connectivity index (χ4n) is 1.09. The Morgan fingerprint density at radius 1 is 1.29 bits per heavy atom. The summed E-state index contributed by atoms with van der Waals surface area (Å²) in [6.45, 7) is 0. The van der Waals surface area contributed by atoms with Gasteiger partial charge in [0, 0.05) is 5.02 Å². The molecule has 0 bridgehead atoms. The van der Waals surface area contributed by atoms with E-state index in [0.717, 1.165) is 5.69 Å². The molecule has 1 aromatic heterocycles. The molecule has 0 fully saturated rings. The Morgan fingerprint density at radius 3 is 2.43 bits per heavy atom. The van der Waals surface area contributed by atoms with Crippen LogP contribution in [-0.2, 0) is 0 Å². The van der Waals surface area contributed by atoms with Crippen molar-refractivity contribution in [2.24, 2.45) is 0 Å². The normalized spacial score (nSPS) is 10.4. The molecule has 72 valence electrons. The summed E-state index contributed by atoms with van der Waals surface area (Å²) in [4.78, 5) is 0. The van der Waals surface area contributed by atoms with Gasteiger partial charge in [0.25, 0.3) is 0 Å². The lowest BCUT2D eigenvalue weighted by Gasteiger charge is -2.02. The minimum absolute atomic E-state index is 0.111. The Balaban J connectivity index is 2.49. The molecular formula is C9H6BrClN2O. The number of aromatic hydroxyl groups is 1. The zero-order chi connectivity index (χ0) is 10.1. The lowest BCUT2D eigenvalue weighted by Crippen LogP contribution is -1.95. The minimum atomic E-state index is 0.111. The first kappa shape index (κ1) is 9.55.